The summed E-state index contributed by atoms with van der Waals surface area (Å²) >= 11 is 0. The van der Waals surface area contributed by atoms with Gasteiger partial charge in [-0.1, -0.05) is 20.8 Å². The molecule has 0 aromatic rings. The first-order chi connectivity index (χ1) is 6.90. The third-order valence-corrected chi connectivity index (χ3v) is 1.97. The van der Waals surface area contributed by atoms with Gasteiger partial charge in [0.2, 0.25) is 5.91 Å². The minimum absolute atomic E-state index is 0.0333. The van der Waals surface area contributed by atoms with Crippen molar-refractivity contribution in [3.63, 3.8) is 0 Å². The van der Waals surface area contributed by atoms with Crippen LogP contribution in [0.15, 0.2) is 0 Å². The fourth-order valence-corrected chi connectivity index (χ4v) is 1.29. The zero-order chi connectivity index (χ0) is 11.9. The minimum Gasteiger partial charge on any atom is -0.396 e. The van der Waals surface area contributed by atoms with E-state index in [0.717, 1.165) is 0 Å². The number of halogens is 1. The predicted molar refractivity (Wildman–Crippen MR) is 58.3 cm³/mol. The Bertz CT molecular complexity index is 190. The van der Waals surface area contributed by atoms with Gasteiger partial charge in [-0.2, -0.15) is 0 Å². The first-order valence-corrected chi connectivity index (χ1v) is 5.35. The largest absolute Gasteiger partial charge is 0.396 e. The molecule has 0 fully saturated rings. The number of hydrogen-bond acceptors (Lipinski definition) is 2. The van der Waals surface area contributed by atoms with Gasteiger partial charge in [0.05, 0.1) is 0 Å². The zero-order valence-electron chi connectivity index (χ0n) is 9.92. The fourth-order valence-electron chi connectivity index (χ4n) is 1.29. The fraction of sp³-hybridized carbons (Fsp3) is 0.909. The topological polar surface area (TPSA) is 40.5 Å². The number of rotatable bonds is 6. The number of amides is 1. The standard InChI is InChI=1S/C11H22FNO2/c1-11(2,3)9-10(15)13(7-5-12)6-4-8-14/h14H,4-9H2,1-3H3. The summed E-state index contributed by atoms with van der Waals surface area (Å²) in [5, 5.41) is 8.67. The molecule has 0 spiro atoms. The Hall–Kier alpha value is -0.640. The number of carbonyl (C=O) groups is 1. The van der Waals surface area contributed by atoms with Crippen molar-refractivity contribution in [2.45, 2.75) is 33.6 Å². The van der Waals surface area contributed by atoms with Crippen LogP contribution in [-0.4, -0.2) is 42.3 Å². The first kappa shape index (κ1) is 14.4. The van der Waals surface area contributed by atoms with Crippen LogP contribution in [0.3, 0.4) is 0 Å². The molecule has 0 aliphatic heterocycles. The molecular weight excluding hydrogens is 197 g/mol. The summed E-state index contributed by atoms with van der Waals surface area (Å²) in [6.45, 7) is 6.01. The molecule has 0 radical (unpaired) electrons. The van der Waals surface area contributed by atoms with Gasteiger partial charge in [0.25, 0.3) is 0 Å². The van der Waals surface area contributed by atoms with E-state index >= 15 is 0 Å². The predicted octanol–water partition coefficient (Wildman–Crippen LogP) is 1.60. The van der Waals surface area contributed by atoms with Gasteiger partial charge in [0, 0.05) is 26.1 Å². The van der Waals surface area contributed by atoms with Crippen LogP contribution in [0, 0.1) is 5.41 Å². The summed E-state index contributed by atoms with van der Waals surface area (Å²) in [6.07, 6.45) is 0.925. The number of aliphatic hydroxyl groups is 1. The highest BCUT2D eigenvalue weighted by Gasteiger charge is 2.20. The van der Waals surface area contributed by atoms with E-state index in [1.54, 1.807) is 0 Å². The lowest BCUT2D eigenvalue weighted by Crippen LogP contribution is -2.36. The molecule has 1 N–H and O–H groups in total. The van der Waals surface area contributed by atoms with Gasteiger partial charge in [-0.15, -0.1) is 0 Å². The molecule has 0 bridgehead atoms. The third kappa shape index (κ3) is 7.31. The molecule has 0 saturated heterocycles. The van der Waals surface area contributed by atoms with Crippen molar-refractivity contribution >= 4 is 5.91 Å². The second-order valence-electron chi connectivity index (χ2n) is 4.88. The number of alkyl halides is 1. The maximum Gasteiger partial charge on any atom is 0.223 e. The molecule has 0 aromatic heterocycles. The molecule has 3 nitrogen and oxygen atoms in total. The van der Waals surface area contributed by atoms with Crippen LogP contribution < -0.4 is 0 Å². The van der Waals surface area contributed by atoms with Crippen LogP contribution in [0.2, 0.25) is 0 Å². The summed E-state index contributed by atoms with van der Waals surface area (Å²) in [4.78, 5) is 13.2. The summed E-state index contributed by atoms with van der Waals surface area (Å²) < 4.78 is 12.2. The minimum atomic E-state index is -0.526. The molecular formula is C11H22FNO2. The van der Waals surface area contributed by atoms with E-state index < -0.39 is 6.67 Å². The van der Waals surface area contributed by atoms with Gasteiger partial charge in [-0.3, -0.25) is 4.79 Å². The highest BCUT2D eigenvalue weighted by molar-refractivity contribution is 5.76. The Labute approximate surface area is 91.3 Å². The molecule has 15 heavy (non-hydrogen) atoms. The van der Waals surface area contributed by atoms with Gasteiger partial charge in [-0.05, 0) is 11.8 Å². The van der Waals surface area contributed by atoms with Crippen molar-refractivity contribution < 1.29 is 14.3 Å². The molecule has 0 rings (SSSR count). The van der Waals surface area contributed by atoms with Crippen molar-refractivity contribution in [1.82, 2.24) is 4.90 Å². The lowest BCUT2D eigenvalue weighted by molar-refractivity contribution is -0.133. The smallest absolute Gasteiger partial charge is 0.223 e. The Morgan fingerprint density at radius 3 is 2.33 bits per heavy atom. The maximum absolute atomic E-state index is 12.2. The van der Waals surface area contributed by atoms with Gasteiger partial charge >= 0.3 is 0 Å². The van der Waals surface area contributed by atoms with Crippen molar-refractivity contribution in [1.29, 1.82) is 0 Å². The summed E-state index contributed by atoms with van der Waals surface area (Å²) in [5.74, 6) is -0.0337. The van der Waals surface area contributed by atoms with Gasteiger partial charge in [0.1, 0.15) is 6.67 Å². The quantitative estimate of drug-likeness (QED) is 0.737. The molecule has 1 amide bonds. The van der Waals surface area contributed by atoms with Crippen LogP contribution in [0.25, 0.3) is 0 Å². The molecule has 0 aliphatic carbocycles. The zero-order valence-corrected chi connectivity index (χ0v) is 9.92. The second-order valence-corrected chi connectivity index (χ2v) is 4.88. The molecule has 0 unspecified atom stereocenters. The number of carbonyl (C=O) groups excluding carboxylic acids is 1. The molecule has 0 aliphatic rings. The van der Waals surface area contributed by atoms with E-state index in [1.165, 1.54) is 4.90 Å². The van der Waals surface area contributed by atoms with E-state index in [1.807, 2.05) is 20.8 Å². The molecule has 90 valence electrons. The van der Waals surface area contributed by atoms with Crippen LogP contribution in [0.1, 0.15) is 33.6 Å². The third-order valence-electron chi connectivity index (χ3n) is 1.97. The molecule has 0 aromatic carbocycles. The van der Waals surface area contributed by atoms with E-state index in [4.69, 9.17) is 5.11 Å². The average molecular weight is 219 g/mol. The van der Waals surface area contributed by atoms with Crippen molar-refractivity contribution in [2.75, 3.05) is 26.4 Å². The monoisotopic (exact) mass is 219 g/mol. The van der Waals surface area contributed by atoms with Gasteiger partial charge in [0.15, 0.2) is 0 Å². The SMILES string of the molecule is CC(C)(C)CC(=O)N(CCF)CCCO. The van der Waals surface area contributed by atoms with Crippen molar-refractivity contribution in [2.24, 2.45) is 5.41 Å². The van der Waals surface area contributed by atoms with Crippen LogP contribution >= 0.6 is 0 Å². The highest BCUT2D eigenvalue weighted by Crippen LogP contribution is 2.19. The number of hydrogen-bond donors (Lipinski definition) is 1. The second kappa shape index (κ2) is 6.77. The Morgan fingerprint density at radius 1 is 1.33 bits per heavy atom. The van der Waals surface area contributed by atoms with E-state index in [0.29, 0.717) is 19.4 Å². The lowest BCUT2D eigenvalue weighted by Gasteiger charge is -2.25. The van der Waals surface area contributed by atoms with Crippen LogP contribution in [0.5, 0.6) is 0 Å². The summed E-state index contributed by atoms with van der Waals surface area (Å²) in [5.41, 5.74) is -0.0785. The van der Waals surface area contributed by atoms with Crippen LogP contribution in [0.4, 0.5) is 4.39 Å². The molecule has 0 saturated carbocycles. The van der Waals surface area contributed by atoms with Crippen LogP contribution in [-0.2, 0) is 4.79 Å². The Balaban J connectivity index is 4.15. The first-order valence-electron chi connectivity index (χ1n) is 5.35. The molecule has 0 atom stereocenters. The summed E-state index contributed by atoms with van der Waals surface area (Å²) in [7, 11) is 0. The Kier molecular flexibility index (Phi) is 6.48. The number of nitrogens with zero attached hydrogens (tertiary/aromatic N) is 1. The van der Waals surface area contributed by atoms with Gasteiger partial charge < -0.3 is 10.0 Å². The molecule has 0 heterocycles. The maximum atomic E-state index is 12.2. The molecule has 4 heteroatoms. The van der Waals surface area contributed by atoms with E-state index in [9.17, 15) is 9.18 Å². The Morgan fingerprint density at radius 2 is 1.93 bits per heavy atom. The van der Waals surface area contributed by atoms with Crippen molar-refractivity contribution in [3.05, 3.63) is 0 Å². The van der Waals surface area contributed by atoms with E-state index in [2.05, 4.69) is 0 Å². The lowest BCUT2D eigenvalue weighted by atomic mass is 9.91. The average Bonchev–Trinajstić information content (AvgIpc) is 2.09. The highest BCUT2D eigenvalue weighted by atomic mass is 19.1. The number of aliphatic hydroxyl groups excluding tert-OH is 1. The van der Waals surface area contributed by atoms with Gasteiger partial charge in [-0.25, -0.2) is 4.39 Å². The normalized spacial score (nSPS) is 11.5. The van der Waals surface area contributed by atoms with E-state index in [-0.39, 0.29) is 24.5 Å². The summed E-state index contributed by atoms with van der Waals surface area (Å²) in [6, 6.07) is 0. The van der Waals surface area contributed by atoms with Crippen molar-refractivity contribution in [3.8, 4) is 0 Å².